The summed E-state index contributed by atoms with van der Waals surface area (Å²) >= 11 is 0. The van der Waals surface area contributed by atoms with Crippen LogP contribution in [-0.2, 0) is 0 Å². The van der Waals surface area contributed by atoms with Crippen molar-refractivity contribution in [3.8, 4) is 6.07 Å². The summed E-state index contributed by atoms with van der Waals surface area (Å²) < 4.78 is 0. The molecule has 1 N–H and O–H groups in total. The molecule has 0 aliphatic heterocycles. The number of hydrogen-bond acceptors (Lipinski definition) is 2. The molecular weight excluding hydrogens is 150 g/mol. The van der Waals surface area contributed by atoms with Gasteiger partial charge in [0.2, 0.25) is 0 Å². The molecular formula is C10H19NO. The molecule has 1 atom stereocenters. The van der Waals surface area contributed by atoms with Gasteiger partial charge in [0.05, 0.1) is 18.1 Å². The molecule has 0 spiro atoms. The summed E-state index contributed by atoms with van der Waals surface area (Å²) in [6, 6.07) is 2.16. The van der Waals surface area contributed by atoms with Gasteiger partial charge >= 0.3 is 0 Å². The van der Waals surface area contributed by atoms with Crippen LogP contribution < -0.4 is 0 Å². The van der Waals surface area contributed by atoms with Crippen LogP contribution in [0.1, 0.15) is 46.0 Å². The molecule has 0 aliphatic carbocycles. The average Bonchev–Trinajstić information content (AvgIpc) is 2.12. The molecule has 0 aliphatic rings. The lowest BCUT2D eigenvalue weighted by Gasteiger charge is -2.17. The van der Waals surface area contributed by atoms with Crippen molar-refractivity contribution in [2.75, 3.05) is 6.61 Å². The summed E-state index contributed by atoms with van der Waals surface area (Å²) in [5, 5.41) is 17.7. The maximum atomic E-state index is 8.92. The first-order chi connectivity index (χ1) is 5.68. The molecule has 0 heterocycles. The highest BCUT2D eigenvalue weighted by Gasteiger charge is 2.21. The molecule has 0 bridgehead atoms. The Balaban J connectivity index is 3.54. The normalized spacial score (nSPS) is 15.2. The van der Waals surface area contributed by atoms with Gasteiger partial charge in [-0.3, -0.25) is 0 Å². The molecule has 0 saturated carbocycles. The molecule has 0 aromatic heterocycles. The Morgan fingerprint density at radius 2 is 2.00 bits per heavy atom. The van der Waals surface area contributed by atoms with Crippen LogP contribution >= 0.6 is 0 Å². The van der Waals surface area contributed by atoms with Crippen molar-refractivity contribution in [1.82, 2.24) is 0 Å². The van der Waals surface area contributed by atoms with Gasteiger partial charge in [-0.2, -0.15) is 5.26 Å². The van der Waals surface area contributed by atoms with Gasteiger partial charge in [-0.1, -0.05) is 32.6 Å². The van der Waals surface area contributed by atoms with Gasteiger partial charge in [-0.05, 0) is 13.3 Å². The largest absolute Gasteiger partial charge is 0.395 e. The van der Waals surface area contributed by atoms with E-state index in [1.165, 1.54) is 19.3 Å². The predicted molar refractivity (Wildman–Crippen MR) is 49.6 cm³/mol. The van der Waals surface area contributed by atoms with Gasteiger partial charge in [-0.15, -0.1) is 0 Å². The van der Waals surface area contributed by atoms with Crippen molar-refractivity contribution in [1.29, 1.82) is 5.26 Å². The van der Waals surface area contributed by atoms with Gasteiger partial charge < -0.3 is 5.11 Å². The second-order valence-electron chi connectivity index (χ2n) is 3.64. The van der Waals surface area contributed by atoms with Crippen molar-refractivity contribution >= 4 is 0 Å². The Kier molecular flexibility index (Phi) is 5.74. The van der Waals surface area contributed by atoms with E-state index in [0.29, 0.717) is 0 Å². The highest BCUT2D eigenvalue weighted by Crippen LogP contribution is 2.22. The Labute approximate surface area is 75.2 Å². The minimum absolute atomic E-state index is 0.0182. The van der Waals surface area contributed by atoms with E-state index in [0.717, 1.165) is 12.8 Å². The van der Waals surface area contributed by atoms with E-state index in [1.807, 2.05) is 6.92 Å². The lowest BCUT2D eigenvalue weighted by molar-refractivity contribution is 0.178. The SMILES string of the molecule is CCCCCC[C@](C)(C#N)CO. The summed E-state index contributed by atoms with van der Waals surface area (Å²) in [5.41, 5.74) is -0.506. The first kappa shape index (κ1) is 11.4. The summed E-state index contributed by atoms with van der Waals surface area (Å²) in [5.74, 6) is 0. The average molecular weight is 169 g/mol. The number of aliphatic hydroxyl groups excluding tert-OH is 1. The lowest BCUT2D eigenvalue weighted by Crippen LogP contribution is -2.18. The molecule has 0 amide bonds. The van der Waals surface area contributed by atoms with Crippen molar-refractivity contribution in [3.63, 3.8) is 0 Å². The molecule has 2 nitrogen and oxygen atoms in total. The fourth-order valence-corrected chi connectivity index (χ4v) is 1.11. The third-order valence-electron chi connectivity index (χ3n) is 2.20. The fourth-order valence-electron chi connectivity index (χ4n) is 1.11. The minimum Gasteiger partial charge on any atom is -0.395 e. The Morgan fingerprint density at radius 1 is 1.33 bits per heavy atom. The van der Waals surface area contributed by atoms with Gasteiger partial charge in [0.25, 0.3) is 0 Å². The number of rotatable bonds is 6. The zero-order valence-corrected chi connectivity index (χ0v) is 8.14. The maximum Gasteiger partial charge on any atom is 0.0776 e. The monoisotopic (exact) mass is 169 g/mol. The molecule has 0 aromatic carbocycles. The van der Waals surface area contributed by atoms with Crippen LogP contribution in [0.4, 0.5) is 0 Å². The van der Waals surface area contributed by atoms with Gasteiger partial charge in [-0.25, -0.2) is 0 Å². The zero-order chi connectivity index (χ0) is 9.45. The first-order valence-electron chi connectivity index (χ1n) is 4.70. The van der Waals surface area contributed by atoms with Crippen molar-refractivity contribution in [2.45, 2.75) is 46.0 Å². The van der Waals surface area contributed by atoms with Crippen LogP contribution in [0.25, 0.3) is 0 Å². The molecule has 2 heteroatoms. The third-order valence-corrected chi connectivity index (χ3v) is 2.20. The van der Waals surface area contributed by atoms with E-state index in [-0.39, 0.29) is 6.61 Å². The number of unbranched alkanes of at least 4 members (excludes halogenated alkanes) is 3. The summed E-state index contributed by atoms with van der Waals surface area (Å²) in [6.45, 7) is 3.96. The summed E-state index contributed by atoms with van der Waals surface area (Å²) in [7, 11) is 0. The Hall–Kier alpha value is -0.550. The van der Waals surface area contributed by atoms with E-state index in [2.05, 4.69) is 13.0 Å². The third kappa shape index (κ3) is 4.35. The van der Waals surface area contributed by atoms with Gasteiger partial charge in [0.15, 0.2) is 0 Å². The van der Waals surface area contributed by atoms with Crippen molar-refractivity contribution < 1.29 is 5.11 Å². The minimum atomic E-state index is -0.506. The van der Waals surface area contributed by atoms with E-state index < -0.39 is 5.41 Å². The van der Waals surface area contributed by atoms with E-state index in [4.69, 9.17) is 10.4 Å². The van der Waals surface area contributed by atoms with Crippen molar-refractivity contribution in [2.24, 2.45) is 5.41 Å². The van der Waals surface area contributed by atoms with Crippen LogP contribution in [0, 0.1) is 16.7 Å². The van der Waals surface area contributed by atoms with Crippen LogP contribution in [0.3, 0.4) is 0 Å². The second kappa shape index (κ2) is 6.02. The molecule has 70 valence electrons. The fraction of sp³-hybridized carbons (Fsp3) is 0.900. The van der Waals surface area contributed by atoms with Gasteiger partial charge in [0.1, 0.15) is 0 Å². The van der Waals surface area contributed by atoms with E-state index in [1.54, 1.807) is 0 Å². The molecule has 0 fully saturated rings. The van der Waals surface area contributed by atoms with Crippen LogP contribution in [0.15, 0.2) is 0 Å². The summed E-state index contributed by atoms with van der Waals surface area (Å²) in [6.07, 6.45) is 5.49. The topological polar surface area (TPSA) is 44.0 Å². The number of hydrogen-bond donors (Lipinski definition) is 1. The Bertz CT molecular complexity index is 150. The van der Waals surface area contributed by atoms with E-state index in [9.17, 15) is 0 Å². The number of nitrogens with zero attached hydrogens (tertiary/aromatic N) is 1. The lowest BCUT2D eigenvalue weighted by atomic mass is 9.87. The van der Waals surface area contributed by atoms with Crippen LogP contribution in [0.5, 0.6) is 0 Å². The Morgan fingerprint density at radius 3 is 2.42 bits per heavy atom. The molecule has 0 rings (SSSR count). The van der Waals surface area contributed by atoms with Crippen LogP contribution in [0.2, 0.25) is 0 Å². The zero-order valence-electron chi connectivity index (χ0n) is 8.14. The highest BCUT2D eigenvalue weighted by molar-refractivity contribution is 4.94. The number of aliphatic hydroxyl groups is 1. The first-order valence-corrected chi connectivity index (χ1v) is 4.70. The predicted octanol–water partition coefficient (Wildman–Crippen LogP) is 2.48. The van der Waals surface area contributed by atoms with Crippen LogP contribution in [-0.4, -0.2) is 11.7 Å². The maximum absolute atomic E-state index is 8.92. The number of nitriles is 1. The van der Waals surface area contributed by atoms with E-state index >= 15 is 0 Å². The molecule has 0 unspecified atom stereocenters. The molecule has 0 aromatic rings. The smallest absolute Gasteiger partial charge is 0.0776 e. The quantitative estimate of drug-likeness (QED) is 0.621. The standard InChI is InChI=1S/C10H19NO/c1-3-4-5-6-7-10(2,8-11)9-12/h12H,3-7,9H2,1-2H3/t10-/m1/s1. The second-order valence-corrected chi connectivity index (χ2v) is 3.64. The van der Waals surface area contributed by atoms with Gasteiger partial charge in [0, 0.05) is 0 Å². The molecule has 12 heavy (non-hydrogen) atoms. The molecule has 0 radical (unpaired) electrons. The van der Waals surface area contributed by atoms with Crippen molar-refractivity contribution in [3.05, 3.63) is 0 Å². The highest BCUT2D eigenvalue weighted by atomic mass is 16.3. The molecule has 0 saturated heterocycles. The summed E-state index contributed by atoms with van der Waals surface area (Å²) in [4.78, 5) is 0.